The van der Waals surface area contributed by atoms with Gasteiger partial charge in [0.25, 0.3) is 0 Å². The predicted molar refractivity (Wildman–Crippen MR) is 348 cm³/mol. The van der Waals surface area contributed by atoms with E-state index in [0.717, 1.165) is 96.3 Å². The van der Waals surface area contributed by atoms with Crippen molar-refractivity contribution in [3.05, 3.63) is 72.9 Å². The van der Waals surface area contributed by atoms with E-state index in [0.29, 0.717) is 19.3 Å². The lowest BCUT2D eigenvalue weighted by Gasteiger charge is -2.18. The number of allylic oxidation sites excluding steroid dienone is 12. The summed E-state index contributed by atoms with van der Waals surface area (Å²) in [6.07, 6.45) is 89.5. The van der Waals surface area contributed by atoms with Gasteiger partial charge in [-0.05, 0) is 70.6 Å². The Morgan fingerprint density at radius 3 is 0.762 bits per heavy atom. The maximum absolute atomic E-state index is 12.9. The lowest BCUT2D eigenvalue weighted by molar-refractivity contribution is -0.167. The number of hydrogen-bond donors (Lipinski definition) is 0. The van der Waals surface area contributed by atoms with Crippen LogP contribution in [0.4, 0.5) is 0 Å². The highest BCUT2D eigenvalue weighted by Crippen LogP contribution is 2.18. The molecule has 0 spiro atoms. The highest BCUT2D eigenvalue weighted by atomic mass is 16.6. The van der Waals surface area contributed by atoms with Gasteiger partial charge in [-0.15, -0.1) is 0 Å². The lowest BCUT2D eigenvalue weighted by Crippen LogP contribution is -2.30. The topological polar surface area (TPSA) is 78.9 Å². The first kappa shape index (κ1) is 76.9. The number of ether oxygens (including phenoxy) is 3. The van der Waals surface area contributed by atoms with E-state index in [4.69, 9.17) is 14.2 Å². The van der Waals surface area contributed by atoms with Crippen molar-refractivity contribution >= 4 is 17.9 Å². The molecule has 6 nitrogen and oxygen atoms in total. The second kappa shape index (κ2) is 68.3. The Kier molecular flexibility index (Phi) is 65.7. The van der Waals surface area contributed by atoms with Gasteiger partial charge in [-0.1, -0.05) is 344 Å². The van der Waals surface area contributed by atoms with E-state index >= 15 is 0 Å². The molecule has 0 heterocycles. The highest BCUT2D eigenvalue weighted by molar-refractivity contribution is 5.71. The van der Waals surface area contributed by atoms with Crippen LogP contribution in [0, 0.1) is 0 Å². The first-order chi connectivity index (χ1) is 39.5. The molecule has 0 saturated carbocycles. The molecule has 0 radical (unpaired) electrons. The molecule has 464 valence electrons. The van der Waals surface area contributed by atoms with Crippen molar-refractivity contribution in [1.82, 2.24) is 0 Å². The first-order valence-corrected chi connectivity index (χ1v) is 34.9. The van der Waals surface area contributed by atoms with Gasteiger partial charge in [0.1, 0.15) is 13.2 Å². The quantitative estimate of drug-likeness (QED) is 0.0261. The molecule has 0 N–H and O–H groups in total. The van der Waals surface area contributed by atoms with Gasteiger partial charge in [0.15, 0.2) is 6.10 Å². The Hall–Kier alpha value is -3.15. The van der Waals surface area contributed by atoms with Crippen LogP contribution in [0.25, 0.3) is 0 Å². The third kappa shape index (κ3) is 65.7. The van der Waals surface area contributed by atoms with Gasteiger partial charge in [0.2, 0.25) is 0 Å². The van der Waals surface area contributed by atoms with Crippen LogP contribution >= 0.6 is 0 Å². The van der Waals surface area contributed by atoms with Crippen LogP contribution in [0.3, 0.4) is 0 Å². The molecule has 0 aliphatic heterocycles. The molecule has 0 amide bonds. The number of unbranched alkanes of at least 4 members (excludes halogenated alkanes) is 41. The van der Waals surface area contributed by atoms with Crippen LogP contribution in [0.2, 0.25) is 0 Å². The fraction of sp³-hybridized carbons (Fsp3) is 0.797. The van der Waals surface area contributed by atoms with E-state index < -0.39 is 6.10 Å². The third-order valence-corrected chi connectivity index (χ3v) is 15.5. The standard InChI is InChI=1S/C74H132O6/c1-4-7-10-13-16-19-21-23-25-27-29-31-33-35-36-37-38-40-41-43-45-47-49-51-53-55-58-61-64-67-73(76)79-70-71(69-78-72(75)66-63-60-57-18-15-12-9-6-3)80-74(77)68-65-62-59-56-54-52-50-48-46-44-42-39-34-32-30-28-26-24-22-20-17-14-11-8-5-2/h7,10,16,19,23,25,29,31,35-36,38,40,71H,4-6,8-9,11-15,17-18,20-22,24,26-28,30,32-34,37,39,41-70H2,1-3H3/b10-7-,19-16-,25-23-,31-29-,36-35-,40-38-. The smallest absolute Gasteiger partial charge is 0.306 e. The highest BCUT2D eigenvalue weighted by Gasteiger charge is 2.19. The number of hydrogen-bond acceptors (Lipinski definition) is 6. The molecule has 0 aliphatic rings. The van der Waals surface area contributed by atoms with Crippen molar-refractivity contribution in [2.75, 3.05) is 13.2 Å². The van der Waals surface area contributed by atoms with Gasteiger partial charge >= 0.3 is 17.9 Å². The van der Waals surface area contributed by atoms with E-state index in [1.54, 1.807) is 0 Å². The number of carbonyl (C=O) groups is 3. The Bertz CT molecular complexity index is 1470. The average molecular weight is 1120 g/mol. The molecule has 0 saturated heterocycles. The number of rotatable bonds is 64. The SMILES string of the molecule is CC/C=C\C/C=C\C/C=C\C/C=C\C/C=C\C/C=C\CCCCCCCCCCCCC(=O)OCC(COC(=O)CCCCCCCCCC)OC(=O)CCCCCCCCCCCCCCCCCCCCCCCCCCC. The third-order valence-electron chi connectivity index (χ3n) is 15.5. The van der Waals surface area contributed by atoms with Crippen LogP contribution in [0.15, 0.2) is 72.9 Å². The van der Waals surface area contributed by atoms with Gasteiger partial charge in [-0.25, -0.2) is 0 Å². The van der Waals surface area contributed by atoms with Gasteiger partial charge < -0.3 is 14.2 Å². The van der Waals surface area contributed by atoms with E-state index in [1.165, 1.54) is 225 Å². The Morgan fingerprint density at radius 1 is 0.263 bits per heavy atom. The first-order valence-electron chi connectivity index (χ1n) is 34.9. The predicted octanol–water partition coefficient (Wildman–Crippen LogP) is 24.1. The van der Waals surface area contributed by atoms with Gasteiger partial charge in [0.05, 0.1) is 0 Å². The van der Waals surface area contributed by atoms with Gasteiger partial charge in [-0.3, -0.25) is 14.4 Å². The maximum Gasteiger partial charge on any atom is 0.306 e. The molecule has 0 fully saturated rings. The van der Waals surface area contributed by atoms with Crippen molar-refractivity contribution in [3.63, 3.8) is 0 Å². The average Bonchev–Trinajstić information content (AvgIpc) is 3.46. The zero-order chi connectivity index (χ0) is 57.8. The molecule has 0 aromatic carbocycles. The summed E-state index contributed by atoms with van der Waals surface area (Å²) in [7, 11) is 0. The molecule has 1 unspecified atom stereocenters. The molecular weight excluding hydrogens is 985 g/mol. The summed E-state index contributed by atoms with van der Waals surface area (Å²) < 4.78 is 16.9. The molecule has 6 heteroatoms. The summed E-state index contributed by atoms with van der Waals surface area (Å²) in [5, 5.41) is 0. The van der Waals surface area contributed by atoms with Crippen molar-refractivity contribution in [1.29, 1.82) is 0 Å². The summed E-state index contributed by atoms with van der Waals surface area (Å²) in [5.74, 6) is -0.860. The molecule has 0 bridgehead atoms. The molecule has 0 rings (SSSR count). The zero-order valence-electron chi connectivity index (χ0n) is 53.3. The van der Waals surface area contributed by atoms with E-state index in [1.807, 2.05) is 0 Å². The Labute approximate surface area is 497 Å². The van der Waals surface area contributed by atoms with Crippen molar-refractivity contribution in [3.8, 4) is 0 Å². The largest absolute Gasteiger partial charge is 0.462 e. The minimum absolute atomic E-state index is 0.0716. The Morgan fingerprint density at radius 2 is 0.487 bits per heavy atom. The molecule has 0 aliphatic carbocycles. The van der Waals surface area contributed by atoms with Gasteiger partial charge in [0, 0.05) is 19.3 Å². The minimum atomic E-state index is -0.773. The van der Waals surface area contributed by atoms with Crippen LogP contribution in [-0.2, 0) is 28.6 Å². The maximum atomic E-state index is 12.9. The molecule has 0 aromatic heterocycles. The zero-order valence-corrected chi connectivity index (χ0v) is 53.3. The fourth-order valence-corrected chi connectivity index (χ4v) is 10.3. The summed E-state index contributed by atoms with van der Waals surface area (Å²) in [4.78, 5) is 38.2. The summed E-state index contributed by atoms with van der Waals surface area (Å²) >= 11 is 0. The van der Waals surface area contributed by atoms with E-state index in [9.17, 15) is 14.4 Å². The molecule has 1 atom stereocenters. The van der Waals surface area contributed by atoms with E-state index in [2.05, 4.69) is 93.7 Å². The summed E-state index contributed by atoms with van der Waals surface area (Å²) in [6.45, 7) is 6.55. The van der Waals surface area contributed by atoms with Crippen molar-refractivity contribution < 1.29 is 28.6 Å². The van der Waals surface area contributed by atoms with Crippen LogP contribution < -0.4 is 0 Å². The fourth-order valence-electron chi connectivity index (χ4n) is 10.3. The number of carbonyl (C=O) groups excluding carboxylic acids is 3. The van der Waals surface area contributed by atoms with Crippen molar-refractivity contribution in [2.45, 2.75) is 367 Å². The van der Waals surface area contributed by atoms with E-state index in [-0.39, 0.29) is 31.1 Å². The lowest BCUT2D eigenvalue weighted by atomic mass is 10.0. The van der Waals surface area contributed by atoms with Gasteiger partial charge in [-0.2, -0.15) is 0 Å². The molecule has 0 aromatic rings. The summed E-state index contributed by atoms with van der Waals surface area (Å²) in [5.41, 5.74) is 0. The monoisotopic (exact) mass is 1120 g/mol. The Balaban J connectivity index is 4.11. The van der Waals surface area contributed by atoms with Crippen molar-refractivity contribution in [2.24, 2.45) is 0 Å². The van der Waals surface area contributed by atoms with Crippen LogP contribution in [0.5, 0.6) is 0 Å². The number of esters is 3. The normalized spacial score (nSPS) is 12.5. The molecule has 80 heavy (non-hydrogen) atoms. The summed E-state index contributed by atoms with van der Waals surface area (Å²) in [6, 6.07) is 0. The molecular formula is C74H132O6. The minimum Gasteiger partial charge on any atom is -0.462 e. The second-order valence-electron chi connectivity index (χ2n) is 23.4. The van der Waals surface area contributed by atoms with Crippen LogP contribution in [0.1, 0.15) is 361 Å². The van der Waals surface area contributed by atoms with Crippen LogP contribution in [-0.4, -0.2) is 37.2 Å². The second-order valence-corrected chi connectivity index (χ2v) is 23.4.